The van der Waals surface area contributed by atoms with Crippen molar-refractivity contribution in [2.24, 2.45) is 0 Å². The zero-order valence-electron chi connectivity index (χ0n) is 4.35. The van der Waals surface area contributed by atoms with E-state index in [1.165, 1.54) is 6.42 Å². The summed E-state index contributed by atoms with van der Waals surface area (Å²) in [5.74, 6) is 0. The maximum absolute atomic E-state index is 3.77. The van der Waals surface area contributed by atoms with E-state index < -0.39 is 0 Å². The molecular formula is C5H9NY-2. The van der Waals surface area contributed by atoms with E-state index in [4.69, 9.17) is 0 Å². The predicted molar refractivity (Wildman–Crippen MR) is 26.1 cm³/mol. The zero-order chi connectivity index (χ0) is 4.41. The molecule has 0 aromatic rings. The summed E-state index contributed by atoms with van der Waals surface area (Å²) < 4.78 is 0. The minimum absolute atomic E-state index is 0. The van der Waals surface area contributed by atoms with E-state index in [2.05, 4.69) is 18.7 Å². The van der Waals surface area contributed by atoms with Crippen LogP contribution in [0.2, 0.25) is 0 Å². The van der Waals surface area contributed by atoms with Gasteiger partial charge in [0.05, 0.1) is 0 Å². The SMILES string of the molecule is [CH2-]C1[CH-]CCN1.[Y]. The van der Waals surface area contributed by atoms with Crippen molar-refractivity contribution in [2.75, 3.05) is 6.54 Å². The Morgan fingerprint density at radius 2 is 2.43 bits per heavy atom. The van der Waals surface area contributed by atoms with Crippen molar-refractivity contribution in [3.8, 4) is 0 Å². The smallest absolute Gasteiger partial charge is 0 e. The first-order valence-corrected chi connectivity index (χ1v) is 2.29. The van der Waals surface area contributed by atoms with E-state index in [9.17, 15) is 0 Å². The third kappa shape index (κ3) is 2.79. The summed E-state index contributed by atoms with van der Waals surface area (Å²) in [5.41, 5.74) is 0. The second-order valence-electron chi connectivity index (χ2n) is 1.58. The molecule has 2 heteroatoms. The summed E-state index contributed by atoms with van der Waals surface area (Å²) in [6.45, 7) is 4.89. The largest absolute Gasteiger partial charge is 0.374 e. The number of hydrogen-bond acceptors (Lipinski definition) is 1. The Kier molecular flexibility index (Phi) is 4.60. The van der Waals surface area contributed by atoms with E-state index in [-0.39, 0.29) is 32.7 Å². The maximum atomic E-state index is 3.77. The van der Waals surface area contributed by atoms with Gasteiger partial charge in [0.15, 0.2) is 0 Å². The van der Waals surface area contributed by atoms with E-state index in [1.54, 1.807) is 0 Å². The molecule has 0 bridgehead atoms. The molecule has 1 unspecified atom stereocenters. The third-order valence-electron chi connectivity index (χ3n) is 1.00. The molecule has 0 amide bonds. The van der Waals surface area contributed by atoms with Crippen molar-refractivity contribution >= 4 is 0 Å². The van der Waals surface area contributed by atoms with Gasteiger partial charge in [0.25, 0.3) is 0 Å². The molecule has 1 fully saturated rings. The first-order valence-electron chi connectivity index (χ1n) is 2.29. The molecule has 0 aliphatic carbocycles. The van der Waals surface area contributed by atoms with Crippen LogP contribution >= 0.6 is 0 Å². The van der Waals surface area contributed by atoms with E-state index >= 15 is 0 Å². The topological polar surface area (TPSA) is 12.0 Å². The van der Waals surface area contributed by atoms with Crippen LogP contribution in [0.4, 0.5) is 0 Å². The molecule has 0 aromatic carbocycles. The van der Waals surface area contributed by atoms with Crippen LogP contribution in [0.25, 0.3) is 0 Å². The molecule has 0 aromatic heterocycles. The first-order chi connectivity index (χ1) is 2.89. The van der Waals surface area contributed by atoms with Crippen molar-refractivity contribution < 1.29 is 32.7 Å². The summed E-state index contributed by atoms with van der Waals surface area (Å²) >= 11 is 0. The minimum atomic E-state index is 0. The zero-order valence-corrected chi connectivity index (χ0v) is 7.19. The van der Waals surface area contributed by atoms with Crippen LogP contribution < -0.4 is 5.32 Å². The van der Waals surface area contributed by atoms with E-state index in [0.717, 1.165) is 6.54 Å². The van der Waals surface area contributed by atoms with Crippen LogP contribution in [-0.4, -0.2) is 12.6 Å². The molecule has 1 radical (unpaired) electrons. The van der Waals surface area contributed by atoms with Crippen LogP contribution in [0.5, 0.6) is 0 Å². The predicted octanol–water partition coefficient (Wildman–Crippen LogP) is 0.384. The Hall–Kier alpha value is 1.06. The van der Waals surface area contributed by atoms with Gasteiger partial charge >= 0.3 is 0 Å². The van der Waals surface area contributed by atoms with Gasteiger partial charge in [-0.1, -0.05) is 0 Å². The van der Waals surface area contributed by atoms with Crippen molar-refractivity contribution in [2.45, 2.75) is 12.5 Å². The van der Waals surface area contributed by atoms with Gasteiger partial charge in [0.1, 0.15) is 0 Å². The second kappa shape index (κ2) is 3.99. The Morgan fingerprint density at radius 1 is 1.71 bits per heavy atom. The monoisotopic (exact) mass is 172 g/mol. The second-order valence-corrected chi connectivity index (χ2v) is 1.58. The van der Waals surface area contributed by atoms with Gasteiger partial charge in [-0.3, -0.25) is 0 Å². The Labute approximate surface area is 70.1 Å². The molecule has 1 aliphatic rings. The maximum Gasteiger partial charge on any atom is 0 e. The van der Waals surface area contributed by atoms with Crippen molar-refractivity contribution in [3.05, 3.63) is 13.3 Å². The van der Waals surface area contributed by atoms with Crippen molar-refractivity contribution in [3.63, 3.8) is 0 Å². The van der Waals surface area contributed by atoms with Gasteiger partial charge in [0, 0.05) is 32.7 Å². The molecule has 0 spiro atoms. The van der Waals surface area contributed by atoms with Gasteiger partial charge in [-0.05, 0) is 6.54 Å². The van der Waals surface area contributed by atoms with E-state index in [1.807, 2.05) is 0 Å². The van der Waals surface area contributed by atoms with Crippen LogP contribution in [-0.2, 0) is 32.7 Å². The minimum Gasteiger partial charge on any atom is -0.374 e. The molecule has 7 heavy (non-hydrogen) atoms. The van der Waals surface area contributed by atoms with Crippen LogP contribution in [0.3, 0.4) is 0 Å². The molecule has 0 saturated carbocycles. The fraction of sp³-hybridized carbons (Fsp3) is 0.600. The van der Waals surface area contributed by atoms with Crippen molar-refractivity contribution in [1.82, 2.24) is 5.32 Å². The van der Waals surface area contributed by atoms with E-state index in [0.29, 0.717) is 6.04 Å². The molecule has 39 valence electrons. The molecule has 1 aliphatic heterocycles. The summed E-state index contributed by atoms with van der Waals surface area (Å²) in [6, 6.07) is 0.421. The first kappa shape index (κ1) is 8.06. The van der Waals surface area contributed by atoms with Gasteiger partial charge in [-0.25, -0.2) is 6.04 Å². The molecule has 1 heterocycles. The Bertz CT molecular complexity index is 41.3. The van der Waals surface area contributed by atoms with Crippen LogP contribution in [0.15, 0.2) is 0 Å². The molecule has 1 rings (SSSR count). The number of rotatable bonds is 0. The molecule has 1 nitrogen and oxygen atoms in total. The number of hydrogen-bond donors (Lipinski definition) is 1. The van der Waals surface area contributed by atoms with Crippen LogP contribution in [0, 0.1) is 13.3 Å². The van der Waals surface area contributed by atoms with Crippen LogP contribution in [0.1, 0.15) is 6.42 Å². The van der Waals surface area contributed by atoms with Gasteiger partial charge < -0.3 is 18.7 Å². The Morgan fingerprint density at radius 3 is 2.57 bits per heavy atom. The molecule has 1 N–H and O–H groups in total. The average Bonchev–Trinajstić information content (AvgIpc) is 1.86. The Balaban J connectivity index is 0.000000360. The fourth-order valence-electron chi connectivity index (χ4n) is 0.637. The summed E-state index contributed by atoms with van der Waals surface area (Å²) in [4.78, 5) is 0. The average molecular weight is 172 g/mol. The molecule has 1 saturated heterocycles. The quantitative estimate of drug-likeness (QED) is 0.521. The summed E-state index contributed by atoms with van der Waals surface area (Å²) in [5, 5.41) is 3.15. The standard InChI is InChI=1S/C5H9N.Y/c1-5-3-2-4-6-5;/h3,5-6H,1-2,4H2;/q-2;. The van der Waals surface area contributed by atoms with Gasteiger partial charge in [-0.15, -0.1) is 0 Å². The third-order valence-corrected chi connectivity index (χ3v) is 1.00. The van der Waals surface area contributed by atoms with Crippen molar-refractivity contribution in [1.29, 1.82) is 0 Å². The van der Waals surface area contributed by atoms with Gasteiger partial charge in [-0.2, -0.15) is 6.42 Å². The molecule has 1 atom stereocenters. The normalized spacial score (nSPS) is 29.6. The summed E-state index contributed by atoms with van der Waals surface area (Å²) in [7, 11) is 0. The number of nitrogens with one attached hydrogen (secondary N) is 1. The van der Waals surface area contributed by atoms with Gasteiger partial charge in [0.2, 0.25) is 0 Å². The fourth-order valence-corrected chi connectivity index (χ4v) is 0.637. The molecular weight excluding hydrogens is 163 g/mol. The summed E-state index contributed by atoms with van der Waals surface area (Å²) in [6.07, 6.45) is 3.37.